The number of fused-ring (bicyclic) bond motifs is 1. The number of hydrogen-bond donors (Lipinski definition) is 1. The minimum atomic E-state index is 0.380. The van der Waals surface area contributed by atoms with E-state index >= 15 is 0 Å². The van der Waals surface area contributed by atoms with Crippen molar-refractivity contribution in [1.82, 2.24) is 34.8 Å². The van der Waals surface area contributed by atoms with Crippen LogP contribution >= 0.6 is 0 Å². The molecule has 1 fully saturated rings. The molecule has 5 heterocycles. The highest BCUT2D eigenvalue weighted by atomic mass is 16.5. The monoisotopic (exact) mass is 500 g/mol. The zero-order valence-electron chi connectivity index (χ0n) is 22.0. The number of anilines is 2. The summed E-state index contributed by atoms with van der Waals surface area (Å²) < 4.78 is 7.55. The van der Waals surface area contributed by atoms with Gasteiger partial charge in [0, 0.05) is 49.7 Å². The molecule has 1 aliphatic rings. The van der Waals surface area contributed by atoms with Crippen molar-refractivity contribution in [3.05, 3.63) is 54.1 Å². The van der Waals surface area contributed by atoms with Gasteiger partial charge in [-0.1, -0.05) is 27.2 Å². The molecular formula is C28H36N8O. The van der Waals surface area contributed by atoms with E-state index in [9.17, 15) is 0 Å². The summed E-state index contributed by atoms with van der Waals surface area (Å²) in [4.78, 5) is 12.0. The van der Waals surface area contributed by atoms with Crippen molar-refractivity contribution in [1.29, 1.82) is 0 Å². The van der Waals surface area contributed by atoms with Crippen molar-refractivity contribution in [2.45, 2.75) is 52.5 Å². The normalized spacial score (nSPS) is 14.5. The van der Waals surface area contributed by atoms with Crippen LogP contribution in [0.1, 0.15) is 50.8 Å². The highest BCUT2D eigenvalue weighted by Gasteiger charge is 2.14. The first-order chi connectivity index (χ1) is 18.1. The number of hydrogen-bond acceptors (Lipinski definition) is 8. The van der Waals surface area contributed by atoms with Crippen LogP contribution in [0.3, 0.4) is 0 Å². The van der Waals surface area contributed by atoms with Crippen LogP contribution in [0.5, 0.6) is 0 Å². The first kappa shape index (κ1) is 25.2. The van der Waals surface area contributed by atoms with E-state index in [1.165, 1.54) is 0 Å². The van der Waals surface area contributed by atoms with Crippen LogP contribution in [-0.2, 0) is 17.7 Å². The maximum Gasteiger partial charge on any atom is 0.154 e. The number of aryl methyl sites for hydroxylation is 2. The maximum atomic E-state index is 5.46. The third-order valence-corrected chi connectivity index (χ3v) is 6.74. The molecule has 9 nitrogen and oxygen atoms in total. The fourth-order valence-electron chi connectivity index (χ4n) is 4.63. The van der Waals surface area contributed by atoms with Crippen LogP contribution in [0.25, 0.3) is 22.2 Å². The molecule has 0 amide bonds. The predicted octanol–water partition coefficient (Wildman–Crippen LogP) is 4.83. The molecular weight excluding hydrogens is 464 g/mol. The molecule has 0 atom stereocenters. The molecule has 194 valence electrons. The summed E-state index contributed by atoms with van der Waals surface area (Å²) in [5, 5.41) is 16.6. The lowest BCUT2D eigenvalue weighted by molar-refractivity contribution is 0.0368. The van der Waals surface area contributed by atoms with E-state index in [1.54, 1.807) is 6.20 Å². The van der Waals surface area contributed by atoms with Gasteiger partial charge in [0.2, 0.25) is 0 Å². The van der Waals surface area contributed by atoms with E-state index in [-0.39, 0.29) is 0 Å². The number of aromatic nitrogens is 6. The van der Waals surface area contributed by atoms with Crippen molar-refractivity contribution < 1.29 is 4.74 Å². The zero-order valence-corrected chi connectivity index (χ0v) is 22.0. The van der Waals surface area contributed by atoms with Crippen molar-refractivity contribution in [3.63, 3.8) is 0 Å². The van der Waals surface area contributed by atoms with Gasteiger partial charge in [-0.3, -0.25) is 14.6 Å². The maximum absolute atomic E-state index is 5.46. The summed E-state index contributed by atoms with van der Waals surface area (Å²) in [7, 11) is 0. The second kappa shape index (κ2) is 11.7. The Labute approximate surface area is 218 Å². The fraction of sp³-hybridized carbons (Fsp3) is 0.464. The molecule has 0 radical (unpaired) electrons. The van der Waals surface area contributed by atoms with Gasteiger partial charge >= 0.3 is 0 Å². The smallest absolute Gasteiger partial charge is 0.154 e. The minimum absolute atomic E-state index is 0.380. The van der Waals surface area contributed by atoms with Crippen molar-refractivity contribution in [2.24, 2.45) is 0 Å². The highest BCUT2D eigenvalue weighted by molar-refractivity contribution is 5.82. The van der Waals surface area contributed by atoms with Crippen molar-refractivity contribution in [2.75, 3.05) is 38.2 Å². The molecule has 0 bridgehead atoms. The predicted molar refractivity (Wildman–Crippen MR) is 146 cm³/mol. The number of rotatable bonds is 10. The molecule has 1 aliphatic heterocycles. The first-order valence-corrected chi connectivity index (χ1v) is 13.3. The van der Waals surface area contributed by atoms with Gasteiger partial charge in [-0.25, -0.2) is 4.98 Å². The lowest BCUT2D eigenvalue weighted by Crippen LogP contribution is -2.37. The van der Waals surface area contributed by atoms with Crippen molar-refractivity contribution >= 4 is 22.7 Å². The van der Waals surface area contributed by atoms with E-state index in [2.05, 4.69) is 58.1 Å². The summed E-state index contributed by atoms with van der Waals surface area (Å²) in [6.07, 6.45) is 8.95. The standard InChI is InChI=1S/C28H36N8O/c1-4-6-24-23(19-36(34-24)10-5-9-35-11-13-37-14-12-35)22-15-26-25(29-17-22)7-8-27(31-26)32-28-16-21(20(2)3)18-30-33-28/h7-8,15-20H,4-6,9-14H2,1-3H3,(H,31,32,33). The Hall–Kier alpha value is -3.43. The molecule has 9 heteroatoms. The molecule has 1 N–H and O–H groups in total. The Kier molecular flexibility index (Phi) is 8.01. The summed E-state index contributed by atoms with van der Waals surface area (Å²) in [6.45, 7) is 12.2. The van der Waals surface area contributed by atoms with E-state index in [0.29, 0.717) is 17.6 Å². The van der Waals surface area contributed by atoms with Gasteiger partial charge in [-0.2, -0.15) is 10.2 Å². The number of nitrogens with zero attached hydrogens (tertiary/aromatic N) is 7. The van der Waals surface area contributed by atoms with E-state index in [4.69, 9.17) is 19.8 Å². The molecule has 37 heavy (non-hydrogen) atoms. The molecule has 1 saturated heterocycles. The van der Waals surface area contributed by atoms with Gasteiger partial charge in [0.15, 0.2) is 5.82 Å². The van der Waals surface area contributed by atoms with Crippen LogP contribution in [0.2, 0.25) is 0 Å². The second-order valence-corrected chi connectivity index (χ2v) is 9.92. The Morgan fingerprint density at radius 1 is 1.03 bits per heavy atom. The Balaban J connectivity index is 1.35. The van der Waals surface area contributed by atoms with E-state index in [0.717, 1.165) is 92.1 Å². The number of pyridine rings is 2. The van der Waals surface area contributed by atoms with Gasteiger partial charge in [0.25, 0.3) is 0 Å². The zero-order chi connectivity index (χ0) is 25.6. The Bertz CT molecular complexity index is 1330. The second-order valence-electron chi connectivity index (χ2n) is 9.92. The first-order valence-electron chi connectivity index (χ1n) is 13.3. The summed E-state index contributed by atoms with van der Waals surface area (Å²) in [6, 6.07) is 8.03. The van der Waals surface area contributed by atoms with Gasteiger partial charge in [0.1, 0.15) is 5.82 Å². The van der Waals surface area contributed by atoms with Crippen LogP contribution in [-0.4, -0.2) is 67.7 Å². The van der Waals surface area contributed by atoms with E-state index < -0.39 is 0 Å². The third-order valence-electron chi connectivity index (χ3n) is 6.74. The summed E-state index contributed by atoms with van der Waals surface area (Å²) >= 11 is 0. The fourth-order valence-corrected chi connectivity index (χ4v) is 4.63. The molecule has 0 saturated carbocycles. The van der Waals surface area contributed by atoms with Crippen molar-refractivity contribution in [3.8, 4) is 11.1 Å². The molecule has 0 aliphatic carbocycles. The van der Waals surface area contributed by atoms with Gasteiger partial charge in [0.05, 0.1) is 36.1 Å². The minimum Gasteiger partial charge on any atom is -0.379 e. The SMILES string of the molecule is CCCc1nn(CCCN2CCOCC2)cc1-c1cnc2ccc(Nc3cc(C(C)C)cnn3)nc2c1. The average Bonchev–Trinajstić information content (AvgIpc) is 3.32. The molecule has 4 aromatic rings. The van der Waals surface area contributed by atoms with Crippen LogP contribution in [0.15, 0.2) is 42.9 Å². The molecule has 0 spiro atoms. The van der Waals surface area contributed by atoms with E-state index in [1.807, 2.05) is 24.4 Å². The quantitative estimate of drug-likeness (QED) is 0.331. The number of nitrogens with one attached hydrogen (secondary N) is 1. The van der Waals surface area contributed by atoms with Crippen LogP contribution in [0.4, 0.5) is 11.6 Å². The Morgan fingerprint density at radius 2 is 1.89 bits per heavy atom. The van der Waals surface area contributed by atoms with Crippen LogP contribution < -0.4 is 5.32 Å². The average molecular weight is 501 g/mol. The lowest BCUT2D eigenvalue weighted by Gasteiger charge is -2.26. The van der Waals surface area contributed by atoms with Gasteiger partial charge < -0.3 is 10.1 Å². The molecule has 4 aromatic heterocycles. The number of morpholine rings is 1. The summed E-state index contributed by atoms with van der Waals surface area (Å²) in [5.74, 6) is 1.78. The topological polar surface area (TPSA) is 93.9 Å². The van der Waals surface area contributed by atoms with Gasteiger partial charge in [-0.15, -0.1) is 5.10 Å². The lowest BCUT2D eigenvalue weighted by atomic mass is 10.1. The highest BCUT2D eigenvalue weighted by Crippen LogP contribution is 2.27. The molecule has 0 aromatic carbocycles. The largest absolute Gasteiger partial charge is 0.379 e. The summed E-state index contributed by atoms with van der Waals surface area (Å²) in [5.41, 5.74) is 6.11. The molecule has 0 unspecified atom stereocenters. The number of ether oxygens (including phenoxy) is 1. The molecule has 5 rings (SSSR count). The van der Waals surface area contributed by atoms with Gasteiger partial charge in [-0.05, 0) is 48.6 Å². The van der Waals surface area contributed by atoms with Crippen LogP contribution in [0, 0.1) is 0 Å². The third kappa shape index (κ3) is 6.29. The Morgan fingerprint density at radius 3 is 2.70 bits per heavy atom.